The Bertz CT molecular complexity index is 528. The number of nitrogens with zero attached hydrogens (tertiary/aromatic N) is 2. The highest BCUT2D eigenvalue weighted by molar-refractivity contribution is 6.00. The Morgan fingerprint density at radius 2 is 2.25 bits per heavy atom. The fourth-order valence-corrected chi connectivity index (χ4v) is 2.12. The average Bonchev–Trinajstić information content (AvgIpc) is 3.22. The highest BCUT2D eigenvalue weighted by atomic mass is 16.6. The maximum Gasteiger partial charge on any atom is 0.304 e. The number of anilines is 1. The van der Waals surface area contributed by atoms with Gasteiger partial charge < -0.3 is 15.4 Å². The summed E-state index contributed by atoms with van der Waals surface area (Å²) in [5, 5.41) is 11.1. The van der Waals surface area contributed by atoms with E-state index in [0.717, 1.165) is 12.8 Å². The zero-order valence-electron chi connectivity index (χ0n) is 11.2. The van der Waals surface area contributed by atoms with Crippen molar-refractivity contribution in [3.05, 3.63) is 33.9 Å². The van der Waals surface area contributed by atoms with Crippen LogP contribution in [-0.2, 0) is 4.74 Å². The molecule has 2 rings (SSSR count). The van der Waals surface area contributed by atoms with Crippen molar-refractivity contribution < 1.29 is 14.5 Å². The Morgan fingerprint density at radius 1 is 1.55 bits per heavy atom. The Balaban J connectivity index is 2.31. The van der Waals surface area contributed by atoms with Crippen LogP contribution in [-0.4, -0.2) is 42.0 Å². The molecule has 108 valence electrons. The first-order valence-corrected chi connectivity index (χ1v) is 6.39. The second-order valence-corrected chi connectivity index (χ2v) is 4.72. The summed E-state index contributed by atoms with van der Waals surface area (Å²) < 4.78 is 4.99. The van der Waals surface area contributed by atoms with E-state index in [2.05, 4.69) is 0 Å². The molecule has 1 saturated carbocycles. The van der Waals surface area contributed by atoms with Gasteiger partial charge in [0.1, 0.15) is 11.3 Å². The summed E-state index contributed by atoms with van der Waals surface area (Å²) in [7, 11) is 1.55. The van der Waals surface area contributed by atoms with Crippen molar-refractivity contribution in [3.63, 3.8) is 0 Å². The van der Waals surface area contributed by atoms with E-state index >= 15 is 0 Å². The second kappa shape index (κ2) is 5.87. The number of para-hydroxylation sites is 1. The van der Waals surface area contributed by atoms with Crippen LogP contribution in [0.5, 0.6) is 0 Å². The number of nitro benzene ring substituents is 1. The lowest BCUT2D eigenvalue weighted by atomic mass is 10.1. The molecule has 7 heteroatoms. The number of hydrogen-bond acceptors (Lipinski definition) is 5. The van der Waals surface area contributed by atoms with Crippen molar-refractivity contribution in [2.75, 3.05) is 26.0 Å². The van der Waals surface area contributed by atoms with Crippen LogP contribution in [0.2, 0.25) is 0 Å². The molecule has 1 amide bonds. The predicted octanol–water partition coefficient (Wildman–Crippen LogP) is 1.43. The number of carbonyl (C=O) groups is 1. The number of methoxy groups -OCH3 is 1. The molecule has 0 aromatic heterocycles. The van der Waals surface area contributed by atoms with Crippen molar-refractivity contribution in [1.29, 1.82) is 0 Å². The first kappa shape index (κ1) is 14.3. The molecule has 1 aliphatic carbocycles. The maximum atomic E-state index is 12.5. The molecular formula is C13H17N3O4. The zero-order chi connectivity index (χ0) is 14.7. The highest BCUT2D eigenvalue weighted by Crippen LogP contribution is 2.32. The Kier molecular flexibility index (Phi) is 4.19. The molecule has 0 atom stereocenters. The van der Waals surface area contributed by atoms with Gasteiger partial charge in [-0.25, -0.2) is 0 Å². The lowest BCUT2D eigenvalue weighted by Gasteiger charge is -2.22. The Morgan fingerprint density at radius 3 is 2.80 bits per heavy atom. The number of benzene rings is 1. The Hall–Kier alpha value is -2.15. The van der Waals surface area contributed by atoms with Crippen LogP contribution in [0.3, 0.4) is 0 Å². The molecule has 0 saturated heterocycles. The molecule has 0 radical (unpaired) electrons. The third kappa shape index (κ3) is 2.88. The molecule has 0 bridgehead atoms. The van der Waals surface area contributed by atoms with Crippen LogP contribution in [0.1, 0.15) is 23.2 Å². The van der Waals surface area contributed by atoms with Gasteiger partial charge in [-0.05, 0) is 25.0 Å². The minimum absolute atomic E-state index is 0.00309. The summed E-state index contributed by atoms with van der Waals surface area (Å²) in [5.41, 5.74) is 5.34. The van der Waals surface area contributed by atoms with E-state index < -0.39 is 4.92 Å². The van der Waals surface area contributed by atoms with Crippen molar-refractivity contribution >= 4 is 17.3 Å². The van der Waals surface area contributed by atoms with Crippen LogP contribution in [0.25, 0.3) is 0 Å². The monoisotopic (exact) mass is 279 g/mol. The fraction of sp³-hybridized carbons (Fsp3) is 0.462. The minimum Gasteiger partial charge on any atom is -0.393 e. The van der Waals surface area contributed by atoms with E-state index in [1.165, 1.54) is 12.1 Å². The second-order valence-electron chi connectivity index (χ2n) is 4.72. The Labute approximate surface area is 116 Å². The van der Waals surface area contributed by atoms with Crippen LogP contribution >= 0.6 is 0 Å². The molecule has 1 fully saturated rings. The summed E-state index contributed by atoms with van der Waals surface area (Å²) in [6, 6.07) is 4.57. The largest absolute Gasteiger partial charge is 0.393 e. The summed E-state index contributed by atoms with van der Waals surface area (Å²) in [6.45, 7) is 0.824. The molecule has 1 aliphatic rings. The van der Waals surface area contributed by atoms with Crippen LogP contribution < -0.4 is 5.73 Å². The number of nitro groups is 1. The van der Waals surface area contributed by atoms with Gasteiger partial charge in [-0.1, -0.05) is 6.07 Å². The van der Waals surface area contributed by atoms with Crippen molar-refractivity contribution in [1.82, 2.24) is 4.90 Å². The zero-order valence-corrected chi connectivity index (χ0v) is 11.2. The van der Waals surface area contributed by atoms with Gasteiger partial charge in [0.2, 0.25) is 0 Å². The van der Waals surface area contributed by atoms with E-state index in [-0.39, 0.29) is 28.9 Å². The number of hydrogen-bond donors (Lipinski definition) is 1. The summed E-state index contributed by atoms with van der Waals surface area (Å²) >= 11 is 0. The predicted molar refractivity (Wildman–Crippen MR) is 73.4 cm³/mol. The average molecular weight is 279 g/mol. The highest BCUT2D eigenvalue weighted by Gasteiger charge is 2.35. The van der Waals surface area contributed by atoms with Gasteiger partial charge in [0, 0.05) is 19.7 Å². The van der Waals surface area contributed by atoms with E-state index in [4.69, 9.17) is 10.5 Å². The lowest BCUT2D eigenvalue weighted by Crippen LogP contribution is -2.36. The molecule has 1 aromatic rings. The molecular weight excluding hydrogens is 262 g/mol. The molecule has 0 spiro atoms. The minimum atomic E-state index is -0.607. The molecule has 0 aliphatic heterocycles. The lowest BCUT2D eigenvalue weighted by molar-refractivity contribution is -0.384. The van der Waals surface area contributed by atoms with Crippen molar-refractivity contribution in [3.8, 4) is 0 Å². The SMILES string of the molecule is COCCN(C(=O)c1cccc(N)c1[N+](=O)[O-])C1CC1. The van der Waals surface area contributed by atoms with Gasteiger partial charge >= 0.3 is 5.69 Å². The number of ether oxygens (including phenoxy) is 1. The van der Waals surface area contributed by atoms with Crippen LogP contribution in [0, 0.1) is 10.1 Å². The van der Waals surface area contributed by atoms with E-state index in [1.807, 2.05) is 0 Å². The molecule has 1 aromatic carbocycles. The van der Waals surface area contributed by atoms with Crippen molar-refractivity contribution in [2.45, 2.75) is 18.9 Å². The summed E-state index contributed by atoms with van der Waals surface area (Å²) in [5.74, 6) is -0.358. The van der Waals surface area contributed by atoms with E-state index in [9.17, 15) is 14.9 Å². The number of rotatable bonds is 6. The third-order valence-corrected chi connectivity index (χ3v) is 3.27. The van der Waals surface area contributed by atoms with Gasteiger partial charge in [0.25, 0.3) is 5.91 Å². The smallest absolute Gasteiger partial charge is 0.304 e. The molecule has 0 heterocycles. The van der Waals surface area contributed by atoms with Gasteiger partial charge in [-0.3, -0.25) is 14.9 Å². The first-order chi connectivity index (χ1) is 9.56. The van der Waals surface area contributed by atoms with Gasteiger partial charge in [0.05, 0.1) is 11.5 Å². The van der Waals surface area contributed by atoms with Crippen LogP contribution in [0.15, 0.2) is 18.2 Å². The molecule has 20 heavy (non-hydrogen) atoms. The summed E-state index contributed by atoms with van der Waals surface area (Å²) in [4.78, 5) is 24.6. The number of nitrogens with two attached hydrogens (primary N) is 1. The van der Waals surface area contributed by atoms with Crippen LogP contribution in [0.4, 0.5) is 11.4 Å². The van der Waals surface area contributed by atoms with Gasteiger partial charge in [-0.15, -0.1) is 0 Å². The topological polar surface area (TPSA) is 98.7 Å². The summed E-state index contributed by atoms with van der Waals surface area (Å²) in [6.07, 6.45) is 1.84. The molecule has 0 unspecified atom stereocenters. The normalized spacial score (nSPS) is 14.1. The van der Waals surface area contributed by atoms with Gasteiger partial charge in [0.15, 0.2) is 0 Å². The number of carbonyl (C=O) groups excluding carboxylic acids is 1. The molecule has 7 nitrogen and oxygen atoms in total. The standard InChI is InChI=1S/C13H17N3O4/c1-20-8-7-15(9-5-6-9)13(17)10-3-2-4-11(14)12(10)16(18)19/h2-4,9H,5-8,14H2,1H3. The number of amides is 1. The maximum absolute atomic E-state index is 12.5. The van der Waals surface area contributed by atoms with E-state index in [0.29, 0.717) is 13.2 Å². The van der Waals surface area contributed by atoms with Crippen molar-refractivity contribution in [2.24, 2.45) is 0 Å². The third-order valence-electron chi connectivity index (χ3n) is 3.27. The number of nitrogen functional groups attached to an aromatic ring is 1. The molecule has 2 N–H and O–H groups in total. The van der Waals surface area contributed by atoms with E-state index in [1.54, 1.807) is 18.1 Å². The first-order valence-electron chi connectivity index (χ1n) is 6.39. The fourth-order valence-electron chi connectivity index (χ4n) is 2.12. The quantitative estimate of drug-likeness (QED) is 0.482. The van der Waals surface area contributed by atoms with Gasteiger partial charge in [-0.2, -0.15) is 0 Å².